The molecular weight excluding hydrogens is 316 g/mol. The normalized spacial score (nSPS) is 30.9. The molecule has 23 heavy (non-hydrogen) atoms. The Morgan fingerprint density at radius 1 is 1.09 bits per heavy atom. The van der Waals surface area contributed by atoms with Gasteiger partial charge in [0.15, 0.2) is 29.6 Å². The topological polar surface area (TPSA) is 177 Å². The number of esters is 1. The molecule has 0 spiro atoms. The van der Waals surface area contributed by atoms with Crippen LogP contribution in [0.15, 0.2) is 12.1 Å². The molecular formula is C13H16O10. The van der Waals surface area contributed by atoms with Gasteiger partial charge in [0.1, 0.15) is 18.3 Å². The molecule has 0 amide bonds. The van der Waals surface area contributed by atoms with E-state index in [1.807, 2.05) is 0 Å². The SMILES string of the molecule is O=C(O[C@@H]1[C@@H](O)[C@H](O)[C@@H](CO)O[C@H]1O)c1cc(O)c(O)c(O)c1. The number of hydrogen-bond donors (Lipinski definition) is 7. The van der Waals surface area contributed by atoms with Crippen molar-refractivity contribution >= 4 is 5.97 Å². The summed E-state index contributed by atoms with van der Waals surface area (Å²) in [5.41, 5.74) is -0.379. The van der Waals surface area contributed by atoms with Gasteiger partial charge in [-0.25, -0.2) is 4.79 Å². The smallest absolute Gasteiger partial charge is 0.338 e. The average Bonchev–Trinajstić information content (AvgIpc) is 2.51. The van der Waals surface area contributed by atoms with Crippen molar-refractivity contribution in [3.8, 4) is 17.2 Å². The van der Waals surface area contributed by atoms with Crippen LogP contribution in [0.3, 0.4) is 0 Å². The molecule has 0 radical (unpaired) electrons. The highest BCUT2D eigenvalue weighted by Crippen LogP contribution is 2.35. The Hall–Kier alpha value is -2.11. The largest absolute Gasteiger partial charge is 0.504 e. The highest BCUT2D eigenvalue weighted by Gasteiger charge is 2.46. The fourth-order valence-electron chi connectivity index (χ4n) is 2.11. The van der Waals surface area contributed by atoms with Crippen LogP contribution in [-0.2, 0) is 9.47 Å². The van der Waals surface area contributed by atoms with Gasteiger partial charge >= 0.3 is 5.97 Å². The molecule has 0 unspecified atom stereocenters. The van der Waals surface area contributed by atoms with Gasteiger partial charge < -0.3 is 45.2 Å². The molecule has 0 bridgehead atoms. The predicted molar refractivity (Wildman–Crippen MR) is 70.6 cm³/mol. The molecule has 128 valence electrons. The number of phenols is 3. The predicted octanol–water partition coefficient (Wildman–Crippen LogP) is -2.24. The first-order chi connectivity index (χ1) is 10.8. The van der Waals surface area contributed by atoms with Crippen LogP contribution in [0.2, 0.25) is 0 Å². The van der Waals surface area contributed by atoms with Crippen LogP contribution in [0.1, 0.15) is 10.4 Å². The number of aromatic hydroxyl groups is 3. The van der Waals surface area contributed by atoms with Crippen molar-refractivity contribution < 1.29 is 50.0 Å². The second kappa shape index (κ2) is 6.56. The van der Waals surface area contributed by atoms with Crippen LogP contribution < -0.4 is 0 Å². The van der Waals surface area contributed by atoms with E-state index >= 15 is 0 Å². The second-order valence-electron chi connectivity index (χ2n) is 4.96. The number of aliphatic hydroxyl groups is 4. The third-order valence-electron chi connectivity index (χ3n) is 3.39. The fraction of sp³-hybridized carbons (Fsp3) is 0.462. The lowest BCUT2D eigenvalue weighted by atomic mass is 9.99. The summed E-state index contributed by atoms with van der Waals surface area (Å²) in [6.07, 6.45) is -8.08. The van der Waals surface area contributed by atoms with Crippen molar-refractivity contribution in [2.75, 3.05) is 6.61 Å². The Labute approximate surface area is 129 Å². The van der Waals surface area contributed by atoms with Crippen molar-refractivity contribution in [3.63, 3.8) is 0 Å². The third kappa shape index (κ3) is 3.30. The lowest BCUT2D eigenvalue weighted by Gasteiger charge is -2.39. The molecule has 1 aromatic carbocycles. The molecule has 1 fully saturated rings. The Kier molecular flexibility index (Phi) is 4.92. The lowest BCUT2D eigenvalue weighted by molar-refractivity contribution is -0.285. The highest BCUT2D eigenvalue weighted by molar-refractivity contribution is 5.91. The minimum Gasteiger partial charge on any atom is -0.504 e. The van der Waals surface area contributed by atoms with E-state index in [1.54, 1.807) is 0 Å². The van der Waals surface area contributed by atoms with Crippen molar-refractivity contribution in [3.05, 3.63) is 17.7 Å². The van der Waals surface area contributed by atoms with E-state index in [0.29, 0.717) is 0 Å². The van der Waals surface area contributed by atoms with Gasteiger partial charge in [-0.05, 0) is 12.1 Å². The van der Waals surface area contributed by atoms with Gasteiger partial charge in [-0.15, -0.1) is 0 Å². The summed E-state index contributed by atoms with van der Waals surface area (Å²) in [7, 11) is 0. The monoisotopic (exact) mass is 332 g/mol. The van der Waals surface area contributed by atoms with Crippen LogP contribution in [0.5, 0.6) is 17.2 Å². The molecule has 10 nitrogen and oxygen atoms in total. The van der Waals surface area contributed by atoms with Crippen LogP contribution >= 0.6 is 0 Å². The molecule has 2 rings (SSSR count). The maximum absolute atomic E-state index is 11.9. The first-order valence-electron chi connectivity index (χ1n) is 6.52. The Morgan fingerprint density at radius 2 is 1.65 bits per heavy atom. The number of hydrogen-bond acceptors (Lipinski definition) is 10. The van der Waals surface area contributed by atoms with E-state index < -0.39 is 60.5 Å². The summed E-state index contributed by atoms with van der Waals surface area (Å²) in [5, 5.41) is 66.0. The molecule has 0 saturated carbocycles. The maximum atomic E-state index is 11.9. The van der Waals surface area contributed by atoms with Gasteiger partial charge in [0.25, 0.3) is 0 Å². The van der Waals surface area contributed by atoms with Gasteiger partial charge in [-0.2, -0.15) is 0 Å². The lowest BCUT2D eigenvalue weighted by Crippen LogP contribution is -2.59. The molecule has 1 aromatic rings. The summed E-state index contributed by atoms with van der Waals surface area (Å²) < 4.78 is 9.62. The molecule has 5 atom stereocenters. The average molecular weight is 332 g/mol. The van der Waals surface area contributed by atoms with Gasteiger partial charge in [0.05, 0.1) is 12.2 Å². The number of ether oxygens (including phenoxy) is 2. The summed E-state index contributed by atoms with van der Waals surface area (Å²) in [5.74, 6) is -3.56. The zero-order chi connectivity index (χ0) is 17.3. The molecule has 0 aromatic heterocycles. The van der Waals surface area contributed by atoms with Crippen molar-refractivity contribution in [2.45, 2.75) is 30.7 Å². The number of benzene rings is 1. The number of carbonyl (C=O) groups is 1. The van der Waals surface area contributed by atoms with E-state index in [1.165, 1.54) is 0 Å². The molecule has 1 aliphatic heterocycles. The molecule has 7 N–H and O–H groups in total. The molecule has 0 aliphatic carbocycles. The first-order valence-corrected chi connectivity index (χ1v) is 6.52. The third-order valence-corrected chi connectivity index (χ3v) is 3.39. The highest BCUT2D eigenvalue weighted by atomic mass is 16.7. The van der Waals surface area contributed by atoms with Crippen LogP contribution in [0, 0.1) is 0 Å². The standard InChI is InChI=1S/C13H16O10/c14-3-7-9(18)10(19)11(13(21)22-7)23-12(20)4-1-5(15)8(17)6(16)2-4/h1-2,7,9-11,13-19,21H,3H2/t7-,9-,10+,11-,13-/m1/s1. The first kappa shape index (κ1) is 17.2. The van der Waals surface area contributed by atoms with E-state index in [-0.39, 0.29) is 5.56 Å². The molecule has 1 heterocycles. The molecule has 1 aliphatic rings. The van der Waals surface area contributed by atoms with Gasteiger partial charge in [-0.3, -0.25) is 0 Å². The van der Waals surface area contributed by atoms with Crippen LogP contribution in [0.4, 0.5) is 0 Å². The van der Waals surface area contributed by atoms with E-state index in [4.69, 9.17) is 14.6 Å². The summed E-state index contributed by atoms with van der Waals surface area (Å²) in [6, 6.07) is 1.60. The number of aliphatic hydroxyl groups excluding tert-OH is 4. The zero-order valence-electron chi connectivity index (χ0n) is 11.6. The second-order valence-corrected chi connectivity index (χ2v) is 4.96. The van der Waals surface area contributed by atoms with E-state index in [0.717, 1.165) is 12.1 Å². The minimum atomic E-state index is -1.81. The quantitative estimate of drug-likeness (QED) is 0.236. The fourth-order valence-corrected chi connectivity index (χ4v) is 2.11. The summed E-state index contributed by atoms with van der Waals surface area (Å²) >= 11 is 0. The molecule has 1 saturated heterocycles. The van der Waals surface area contributed by atoms with E-state index in [2.05, 4.69) is 0 Å². The maximum Gasteiger partial charge on any atom is 0.338 e. The summed E-state index contributed by atoms with van der Waals surface area (Å²) in [6.45, 7) is -0.671. The number of rotatable bonds is 3. The summed E-state index contributed by atoms with van der Waals surface area (Å²) in [4.78, 5) is 11.9. The number of carbonyl (C=O) groups excluding carboxylic acids is 1. The number of phenolic OH excluding ortho intramolecular Hbond substituents is 3. The van der Waals surface area contributed by atoms with Gasteiger partial charge in [-0.1, -0.05) is 0 Å². The Balaban J connectivity index is 2.16. The van der Waals surface area contributed by atoms with Crippen molar-refractivity contribution in [1.29, 1.82) is 0 Å². The van der Waals surface area contributed by atoms with Crippen LogP contribution in [-0.4, -0.2) is 79.0 Å². The molecule has 10 heteroatoms. The van der Waals surface area contributed by atoms with Gasteiger partial charge in [0, 0.05) is 0 Å². The Morgan fingerprint density at radius 3 is 2.17 bits per heavy atom. The van der Waals surface area contributed by atoms with Gasteiger partial charge in [0.2, 0.25) is 0 Å². The Bertz CT molecular complexity index is 565. The van der Waals surface area contributed by atoms with Crippen LogP contribution in [0.25, 0.3) is 0 Å². The zero-order valence-corrected chi connectivity index (χ0v) is 11.6. The van der Waals surface area contributed by atoms with Crippen molar-refractivity contribution in [1.82, 2.24) is 0 Å². The van der Waals surface area contributed by atoms with Crippen molar-refractivity contribution in [2.24, 2.45) is 0 Å². The minimum absolute atomic E-state index is 0.379. The van der Waals surface area contributed by atoms with E-state index in [9.17, 15) is 35.4 Å².